The smallest absolute Gasteiger partial charge is 0.313 e. The van der Waals surface area contributed by atoms with E-state index in [-0.39, 0.29) is 6.04 Å². The van der Waals surface area contributed by atoms with Gasteiger partial charge in [-0.25, -0.2) is 0 Å². The van der Waals surface area contributed by atoms with Crippen molar-refractivity contribution in [3.63, 3.8) is 0 Å². The highest BCUT2D eigenvalue weighted by molar-refractivity contribution is 8.03. The van der Waals surface area contributed by atoms with E-state index in [1.807, 2.05) is 17.5 Å². The maximum absolute atomic E-state index is 12.0. The number of anilines is 1. The summed E-state index contributed by atoms with van der Waals surface area (Å²) >= 11 is 1.02. The van der Waals surface area contributed by atoms with E-state index in [0.717, 1.165) is 28.0 Å². The molecule has 0 aliphatic carbocycles. The second-order valence-corrected chi connectivity index (χ2v) is 6.00. The Kier molecular flexibility index (Phi) is 6.43. The molecule has 0 aliphatic rings. The molecule has 0 saturated carbocycles. The van der Waals surface area contributed by atoms with E-state index in [0.29, 0.717) is 5.69 Å². The van der Waals surface area contributed by atoms with Gasteiger partial charge in [0.2, 0.25) is 0 Å². The molecule has 0 aromatic heterocycles. The van der Waals surface area contributed by atoms with Gasteiger partial charge >= 0.3 is 11.8 Å². The number of methoxy groups -OCH3 is 1. The van der Waals surface area contributed by atoms with Crippen LogP contribution >= 0.6 is 11.8 Å². The van der Waals surface area contributed by atoms with E-state index in [2.05, 4.69) is 10.6 Å². The van der Waals surface area contributed by atoms with E-state index in [1.54, 1.807) is 50.4 Å². The largest absolute Gasteiger partial charge is 0.497 e. The standard InChI is InChI=1S/C18H17N3O3S/c1-12(13-3-7-15(24-2)8-4-13)20-17(22)18(23)21-14-5-9-16(10-6-14)25-11-19/h3-10,12H,1-2H3,(H,20,22)(H,21,23). The summed E-state index contributed by atoms with van der Waals surface area (Å²) in [6.45, 7) is 1.79. The normalized spacial score (nSPS) is 11.1. The first-order valence-corrected chi connectivity index (χ1v) is 8.27. The van der Waals surface area contributed by atoms with Crippen LogP contribution in [0.2, 0.25) is 0 Å². The molecule has 2 aromatic carbocycles. The van der Waals surface area contributed by atoms with Gasteiger partial charge in [-0.3, -0.25) is 9.59 Å². The molecule has 7 heteroatoms. The van der Waals surface area contributed by atoms with Crippen molar-refractivity contribution >= 4 is 29.3 Å². The number of amides is 2. The van der Waals surface area contributed by atoms with Gasteiger partial charge in [0.25, 0.3) is 0 Å². The molecule has 2 aromatic rings. The molecule has 0 heterocycles. The maximum atomic E-state index is 12.0. The first-order valence-electron chi connectivity index (χ1n) is 7.45. The number of nitrogens with zero attached hydrogens (tertiary/aromatic N) is 1. The molecule has 2 rings (SSSR count). The van der Waals surface area contributed by atoms with Crippen LogP contribution in [0.1, 0.15) is 18.5 Å². The Hall–Kier alpha value is -2.98. The minimum atomic E-state index is -0.749. The van der Waals surface area contributed by atoms with Gasteiger partial charge in [0.05, 0.1) is 13.2 Å². The number of rotatable bonds is 5. The molecule has 0 aliphatic heterocycles. The van der Waals surface area contributed by atoms with Crippen LogP contribution < -0.4 is 15.4 Å². The second-order valence-electron chi connectivity index (χ2n) is 5.14. The molecule has 6 nitrogen and oxygen atoms in total. The van der Waals surface area contributed by atoms with Gasteiger partial charge < -0.3 is 15.4 Å². The first kappa shape index (κ1) is 18.4. The van der Waals surface area contributed by atoms with Crippen molar-refractivity contribution in [1.29, 1.82) is 5.26 Å². The molecule has 1 atom stereocenters. The number of nitrogens with one attached hydrogen (secondary N) is 2. The Bertz CT molecular complexity index is 783. The van der Waals surface area contributed by atoms with Gasteiger partial charge in [-0.15, -0.1) is 0 Å². The molecule has 0 fully saturated rings. The maximum Gasteiger partial charge on any atom is 0.313 e. The zero-order valence-corrected chi connectivity index (χ0v) is 14.6. The van der Waals surface area contributed by atoms with Gasteiger partial charge in [-0.05, 0) is 60.6 Å². The molecule has 0 saturated heterocycles. The van der Waals surface area contributed by atoms with Gasteiger partial charge in [0, 0.05) is 10.6 Å². The summed E-state index contributed by atoms with van der Waals surface area (Å²) in [4.78, 5) is 24.8. The van der Waals surface area contributed by atoms with Crippen LogP contribution in [0.5, 0.6) is 5.75 Å². The molecule has 128 valence electrons. The second kappa shape index (κ2) is 8.76. The fraction of sp³-hybridized carbons (Fsp3) is 0.167. The summed E-state index contributed by atoms with van der Waals surface area (Å²) in [5.74, 6) is -0.752. The Morgan fingerprint density at radius 3 is 2.28 bits per heavy atom. The van der Waals surface area contributed by atoms with Crippen molar-refractivity contribution in [2.75, 3.05) is 12.4 Å². The minimum Gasteiger partial charge on any atom is -0.497 e. The number of carbonyl (C=O) groups is 2. The summed E-state index contributed by atoms with van der Waals surface area (Å²) in [7, 11) is 1.58. The summed E-state index contributed by atoms with van der Waals surface area (Å²) in [5.41, 5.74) is 1.35. The third-order valence-electron chi connectivity index (χ3n) is 3.45. The van der Waals surface area contributed by atoms with Crippen LogP contribution in [0.4, 0.5) is 5.69 Å². The molecule has 2 amide bonds. The van der Waals surface area contributed by atoms with Crippen LogP contribution in [0.25, 0.3) is 0 Å². The van der Waals surface area contributed by atoms with E-state index < -0.39 is 11.8 Å². The van der Waals surface area contributed by atoms with Crippen LogP contribution in [0.15, 0.2) is 53.4 Å². The molecule has 0 radical (unpaired) electrons. The lowest BCUT2D eigenvalue weighted by Crippen LogP contribution is -2.36. The summed E-state index contributed by atoms with van der Waals surface area (Å²) < 4.78 is 5.09. The highest BCUT2D eigenvalue weighted by atomic mass is 32.2. The Balaban J connectivity index is 1.92. The third-order valence-corrected chi connectivity index (χ3v) is 4.04. The van der Waals surface area contributed by atoms with Crippen LogP contribution in [-0.2, 0) is 9.59 Å². The number of carbonyl (C=O) groups excluding carboxylic acids is 2. The molecular weight excluding hydrogens is 338 g/mol. The third kappa shape index (κ3) is 5.26. The van der Waals surface area contributed by atoms with Crippen molar-refractivity contribution < 1.29 is 14.3 Å². The zero-order valence-electron chi connectivity index (χ0n) is 13.8. The first-order chi connectivity index (χ1) is 12.0. The number of hydrogen-bond donors (Lipinski definition) is 2. The molecule has 25 heavy (non-hydrogen) atoms. The molecule has 0 spiro atoms. The number of thioether (sulfide) groups is 1. The molecular formula is C18H17N3O3S. The number of hydrogen-bond acceptors (Lipinski definition) is 5. The van der Waals surface area contributed by atoms with E-state index in [9.17, 15) is 9.59 Å². The summed E-state index contributed by atoms with van der Waals surface area (Å²) in [6, 6.07) is 13.6. The molecule has 2 N–H and O–H groups in total. The summed E-state index contributed by atoms with van der Waals surface area (Å²) in [6.07, 6.45) is 0. The fourth-order valence-corrected chi connectivity index (χ4v) is 2.46. The van der Waals surface area contributed by atoms with E-state index in [1.165, 1.54) is 0 Å². The van der Waals surface area contributed by atoms with E-state index in [4.69, 9.17) is 10.00 Å². The average molecular weight is 355 g/mol. The van der Waals surface area contributed by atoms with Crippen molar-refractivity contribution in [1.82, 2.24) is 5.32 Å². The number of thiocyanates is 1. The van der Waals surface area contributed by atoms with Crippen molar-refractivity contribution in [2.45, 2.75) is 17.9 Å². The Morgan fingerprint density at radius 2 is 1.72 bits per heavy atom. The lowest BCUT2D eigenvalue weighted by molar-refractivity contribution is -0.136. The highest BCUT2D eigenvalue weighted by Crippen LogP contribution is 2.19. The topological polar surface area (TPSA) is 91.2 Å². The molecule has 0 bridgehead atoms. The Labute approximate surface area is 150 Å². The number of ether oxygens (including phenoxy) is 1. The lowest BCUT2D eigenvalue weighted by Gasteiger charge is -2.14. The fourth-order valence-electron chi connectivity index (χ4n) is 2.08. The van der Waals surface area contributed by atoms with Gasteiger partial charge in [-0.2, -0.15) is 5.26 Å². The van der Waals surface area contributed by atoms with Gasteiger partial charge in [-0.1, -0.05) is 12.1 Å². The summed E-state index contributed by atoms with van der Waals surface area (Å²) in [5, 5.41) is 15.7. The molecule has 1 unspecified atom stereocenters. The monoisotopic (exact) mass is 355 g/mol. The number of benzene rings is 2. The highest BCUT2D eigenvalue weighted by Gasteiger charge is 2.17. The van der Waals surface area contributed by atoms with Gasteiger partial charge in [0.15, 0.2) is 0 Å². The predicted octanol–water partition coefficient (Wildman–Crippen LogP) is 3.08. The predicted molar refractivity (Wildman–Crippen MR) is 96.1 cm³/mol. The van der Waals surface area contributed by atoms with Crippen molar-refractivity contribution in [3.05, 3.63) is 54.1 Å². The van der Waals surface area contributed by atoms with E-state index >= 15 is 0 Å². The minimum absolute atomic E-state index is 0.321. The van der Waals surface area contributed by atoms with Crippen LogP contribution in [0, 0.1) is 10.7 Å². The zero-order chi connectivity index (χ0) is 18.2. The Morgan fingerprint density at radius 1 is 1.08 bits per heavy atom. The van der Waals surface area contributed by atoms with Crippen LogP contribution in [-0.4, -0.2) is 18.9 Å². The SMILES string of the molecule is COc1ccc(C(C)NC(=O)C(=O)Nc2ccc(SC#N)cc2)cc1. The van der Waals surface area contributed by atoms with Crippen LogP contribution in [0.3, 0.4) is 0 Å². The quantitative estimate of drug-likeness (QED) is 0.489. The van der Waals surface area contributed by atoms with Crippen molar-refractivity contribution in [3.8, 4) is 11.2 Å². The van der Waals surface area contributed by atoms with Gasteiger partial charge in [0.1, 0.15) is 11.2 Å². The number of nitriles is 1. The van der Waals surface area contributed by atoms with Crippen molar-refractivity contribution in [2.24, 2.45) is 0 Å². The average Bonchev–Trinajstić information content (AvgIpc) is 2.63. The lowest BCUT2D eigenvalue weighted by atomic mass is 10.1.